The zero-order valence-corrected chi connectivity index (χ0v) is 19.2. The number of nitrogens with zero attached hydrogens (tertiary/aromatic N) is 5. The quantitative estimate of drug-likeness (QED) is 0.280. The van der Waals surface area contributed by atoms with Gasteiger partial charge in [0.15, 0.2) is 16.8 Å². The van der Waals surface area contributed by atoms with Crippen molar-refractivity contribution in [2.45, 2.75) is 25.5 Å². The minimum atomic E-state index is 0.0667. The lowest BCUT2D eigenvalue weighted by atomic mass is 10.2. The van der Waals surface area contributed by atoms with Crippen LogP contribution in [0.3, 0.4) is 0 Å². The van der Waals surface area contributed by atoms with Gasteiger partial charge in [-0.15, -0.1) is 10.2 Å². The van der Waals surface area contributed by atoms with Crippen LogP contribution in [-0.2, 0) is 11.3 Å². The van der Waals surface area contributed by atoms with Crippen molar-refractivity contribution in [2.75, 3.05) is 19.5 Å². The monoisotopic (exact) mass is 447 g/mol. The Kier molecular flexibility index (Phi) is 6.82. The van der Waals surface area contributed by atoms with Crippen molar-refractivity contribution in [3.63, 3.8) is 0 Å². The van der Waals surface area contributed by atoms with Gasteiger partial charge in [0, 0.05) is 47.7 Å². The van der Waals surface area contributed by atoms with Crippen LogP contribution in [-0.4, -0.2) is 49.6 Å². The third-order valence-electron chi connectivity index (χ3n) is 5.25. The van der Waals surface area contributed by atoms with Crippen molar-refractivity contribution in [2.24, 2.45) is 0 Å². The predicted molar refractivity (Wildman–Crippen MR) is 125 cm³/mol. The summed E-state index contributed by atoms with van der Waals surface area (Å²) in [4.78, 5) is 17.2. The molecular formula is C24H25N5O2S. The van der Waals surface area contributed by atoms with Crippen LogP contribution >= 0.6 is 11.8 Å². The molecule has 3 aromatic heterocycles. The number of para-hydroxylation sites is 1. The molecule has 0 bridgehead atoms. The first-order valence-electron chi connectivity index (χ1n) is 10.3. The van der Waals surface area contributed by atoms with Crippen LogP contribution in [0.15, 0.2) is 66.1 Å². The molecule has 0 spiro atoms. The Morgan fingerprint density at radius 1 is 1.06 bits per heavy atom. The summed E-state index contributed by atoms with van der Waals surface area (Å²) in [6.45, 7) is 5.13. The Balaban J connectivity index is 1.55. The van der Waals surface area contributed by atoms with E-state index in [0.717, 1.165) is 34.0 Å². The van der Waals surface area contributed by atoms with Gasteiger partial charge in [-0.1, -0.05) is 30.0 Å². The maximum Gasteiger partial charge on any atom is 0.192 e. The van der Waals surface area contributed by atoms with Gasteiger partial charge in [0.25, 0.3) is 0 Å². The predicted octanol–water partition coefficient (Wildman–Crippen LogP) is 4.37. The largest absolute Gasteiger partial charge is 0.383 e. The van der Waals surface area contributed by atoms with Gasteiger partial charge in [-0.3, -0.25) is 14.3 Å². The summed E-state index contributed by atoms with van der Waals surface area (Å²) in [7, 11) is 1.66. The van der Waals surface area contributed by atoms with E-state index in [0.29, 0.717) is 18.3 Å². The van der Waals surface area contributed by atoms with Gasteiger partial charge in [0.2, 0.25) is 0 Å². The molecule has 0 N–H and O–H groups in total. The second kappa shape index (κ2) is 9.93. The fourth-order valence-corrected chi connectivity index (χ4v) is 4.57. The Labute approximate surface area is 191 Å². The minimum Gasteiger partial charge on any atom is -0.383 e. The van der Waals surface area contributed by atoms with Gasteiger partial charge in [-0.2, -0.15) is 0 Å². The topological polar surface area (TPSA) is 74.8 Å². The summed E-state index contributed by atoms with van der Waals surface area (Å²) < 4.78 is 9.36. The highest BCUT2D eigenvalue weighted by molar-refractivity contribution is 7.99. The molecule has 0 radical (unpaired) electrons. The van der Waals surface area contributed by atoms with Gasteiger partial charge in [0.1, 0.15) is 0 Å². The van der Waals surface area contributed by atoms with Crippen LogP contribution < -0.4 is 0 Å². The number of carbonyl (C=O) groups excluding carboxylic acids is 1. The fourth-order valence-electron chi connectivity index (χ4n) is 3.72. The smallest absolute Gasteiger partial charge is 0.192 e. The Morgan fingerprint density at radius 3 is 2.53 bits per heavy atom. The van der Waals surface area contributed by atoms with Crippen molar-refractivity contribution in [1.82, 2.24) is 24.3 Å². The number of hydrogen-bond acceptors (Lipinski definition) is 6. The number of ketones is 1. The number of aromatic nitrogens is 5. The zero-order chi connectivity index (χ0) is 22.5. The average Bonchev–Trinajstić information content (AvgIpc) is 3.36. The number of ether oxygens (including phenoxy) is 1. The van der Waals surface area contributed by atoms with E-state index in [1.807, 2.05) is 66.9 Å². The van der Waals surface area contributed by atoms with Gasteiger partial charge < -0.3 is 9.30 Å². The molecule has 0 amide bonds. The second-order valence-corrected chi connectivity index (χ2v) is 8.30. The molecule has 0 atom stereocenters. The SMILES string of the molecule is COCCn1c(SCC(=O)c2cc(C)n(-c3ccccc3)c2C)nnc1-c1ccncc1. The number of aryl methyl sites for hydroxylation is 1. The molecule has 4 rings (SSSR count). The normalized spacial score (nSPS) is 11.1. The molecule has 0 aliphatic heterocycles. The van der Waals surface area contributed by atoms with E-state index in [-0.39, 0.29) is 11.5 Å². The highest BCUT2D eigenvalue weighted by atomic mass is 32.2. The van der Waals surface area contributed by atoms with E-state index in [2.05, 4.69) is 19.7 Å². The molecule has 0 aliphatic carbocycles. The number of methoxy groups -OCH3 is 1. The first-order chi connectivity index (χ1) is 15.6. The average molecular weight is 448 g/mol. The fraction of sp³-hybridized carbons (Fsp3) is 0.250. The maximum absolute atomic E-state index is 13.1. The van der Waals surface area contributed by atoms with Crippen molar-refractivity contribution < 1.29 is 9.53 Å². The third kappa shape index (κ3) is 4.51. The number of benzene rings is 1. The number of carbonyl (C=O) groups is 1. The molecule has 164 valence electrons. The Bertz CT molecular complexity index is 1200. The molecule has 32 heavy (non-hydrogen) atoms. The summed E-state index contributed by atoms with van der Waals surface area (Å²) in [5, 5.41) is 9.40. The molecule has 0 saturated heterocycles. The lowest BCUT2D eigenvalue weighted by Crippen LogP contribution is -2.10. The first-order valence-corrected chi connectivity index (χ1v) is 11.3. The standard InChI is InChI=1S/C24H25N5O2S/c1-17-15-21(18(2)29(17)20-7-5-4-6-8-20)22(30)16-32-24-27-26-23(28(24)13-14-31-3)19-9-11-25-12-10-19/h4-12,15H,13-14,16H2,1-3H3. The molecule has 0 saturated carbocycles. The third-order valence-corrected chi connectivity index (χ3v) is 6.22. The number of Topliss-reactive ketones (excluding diaryl/α,β-unsaturated/α-hetero) is 1. The van der Waals surface area contributed by atoms with Gasteiger partial charge in [-0.05, 0) is 44.2 Å². The molecule has 8 heteroatoms. The molecular weight excluding hydrogens is 422 g/mol. The molecule has 4 aromatic rings. The van der Waals surface area contributed by atoms with Gasteiger partial charge in [0.05, 0.1) is 18.9 Å². The van der Waals surface area contributed by atoms with E-state index in [1.165, 1.54) is 11.8 Å². The van der Waals surface area contributed by atoms with E-state index < -0.39 is 0 Å². The van der Waals surface area contributed by atoms with Crippen molar-refractivity contribution in [1.29, 1.82) is 0 Å². The highest BCUT2D eigenvalue weighted by Gasteiger charge is 2.19. The lowest BCUT2D eigenvalue weighted by Gasteiger charge is -2.10. The van der Waals surface area contributed by atoms with Crippen LogP contribution in [0.2, 0.25) is 0 Å². The van der Waals surface area contributed by atoms with Crippen LogP contribution in [0.5, 0.6) is 0 Å². The summed E-state index contributed by atoms with van der Waals surface area (Å²) in [5.74, 6) is 1.08. The maximum atomic E-state index is 13.1. The van der Waals surface area contributed by atoms with Gasteiger partial charge in [-0.25, -0.2) is 0 Å². The minimum absolute atomic E-state index is 0.0667. The number of rotatable bonds is 9. The number of hydrogen-bond donors (Lipinski definition) is 0. The summed E-state index contributed by atoms with van der Waals surface area (Å²) in [5.41, 5.74) is 4.68. The van der Waals surface area contributed by atoms with Crippen LogP contribution in [0.25, 0.3) is 17.1 Å². The molecule has 0 unspecified atom stereocenters. The first kappa shape index (κ1) is 22.0. The van der Waals surface area contributed by atoms with Crippen LogP contribution in [0.1, 0.15) is 21.7 Å². The number of pyridine rings is 1. The molecule has 0 fully saturated rings. The lowest BCUT2D eigenvalue weighted by molar-refractivity contribution is 0.102. The van der Waals surface area contributed by atoms with E-state index in [1.54, 1.807) is 19.5 Å². The van der Waals surface area contributed by atoms with E-state index >= 15 is 0 Å². The second-order valence-electron chi connectivity index (χ2n) is 7.35. The van der Waals surface area contributed by atoms with E-state index in [4.69, 9.17) is 4.74 Å². The Hall–Kier alpha value is -3.23. The highest BCUT2D eigenvalue weighted by Crippen LogP contribution is 2.26. The van der Waals surface area contributed by atoms with Gasteiger partial charge >= 0.3 is 0 Å². The summed E-state index contributed by atoms with van der Waals surface area (Å²) in [6, 6.07) is 15.8. The molecule has 1 aromatic carbocycles. The molecule has 3 heterocycles. The number of thioether (sulfide) groups is 1. The zero-order valence-electron chi connectivity index (χ0n) is 18.4. The molecule has 0 aliphatic rings. The van der Waals surface area contributed by atoms with E-state index in [9.17, 15) is 4.79 Å². The Morgan fingerprint density at radius 2 is 1.81 bits per heavy atom. The van der Waals surface area contributed by atoms with Crippen molar-refractivity contribution in [3.05, 3.63) is 77.9 Å². The van der Waals surface area contributed by atoms with Crippen LogP contribution in [0.4, 0.5) is 0 Å². The van der Waals surface area contributed by atoms with Crippen molar-refractivity contribution >= 4 is 17.5 Å². The summed E-state index contributed by atoms with van der Waals surface area (Å²) >= 11 is 1.39. The van der Waals surface area contributed by atoms with Crippen LogP contribution in [0, 0.1) is 13.8 Å². The molecule has 7 nitrogen and oxygen atoms in total. The summed E-state index contributed by atoms with van der Waals surface area (Å²) in [6.07, 6.45) is 3.45. The van der Waals surface area contributed by atoms with Crippen molar-refractivity contribution in [3.8, 4) is 17.1 Å².